The topological polar surface area (TPSA) is 49.4 Å². The highest BCUT2D eigenvalue weighted by Crippen LogP contribution is 2.26. The second kappa shape index (κ2) is 4.64. The number of hydrogen-bond donors (Lipinski definition) is 0. The van der Waals surface area contributed by atoms with E-state index in [0.29, 0.717) is 10.6 Å². The second-order valence-corrected chi connectivity index (χ2v) is 3.42. The molecule has 14 heavy (non-hydrogen) atoms. The average molecular weight is 234 g/mol. The van der Waals surface area contributed by atoms with Crippen LogP contribution >= 0.6 is 23.2 Å². The molecule has 3 nitrogen and oxygen atoms in total. The van der Waals surface area contributed by atoms with Crippen molar-refractivity contribution in [3.63, 3.8) is 0 Å². The van der Waals surface area contributed by atoms with Gasteiger partial charge in [0.2, 0.25) is 0 Å². The first-order chi connectivity index (χ1) is 6.56. The molecule has 0 heterocycles. The number of carbonyl (C=O) groups excluding carboxylic acids is 1. The van der Waals surface area contributed by atoms with Gasteiger partial charge in [-0.3, -0.25) is 0 Å². The number of carboxylic acids is 1. The zero-order valence-electron chi connectivity index (χ0n) is 7.29. The molecule has 0 saturated heterocycles. The van der Waals surface area contributed by atoms with Crippen molar-refractivity contribution in [2.75, 3.05) is 7.11 Å². The Hall–Kier alpha value is -0.770. The van der Waals surface area contributed by atoms with Gasteiger partial charge >= 0.3 is 0 Å². The molecule has 1 aromatic carbocycles. The zero-order valence-corrected chi connectivity index (χ0v) is 8.80. The number of aliphatic carboxylic acids is 1. The molecule has 0 unspecified atom stereocenters. The molecule has 0 aromatic heterocycles. The Bertz CT molecular complexity index is 352. The van der Waals surface area contributed by atoms with E-state index in [1.165, 1.54) is 25.3 Å². The molecule has 5 heteroatoms. The summed E-state index contributed by atoms with van der Waals surface area (Å²) < 4.78 is 4.73. The Labute approximate surface area is 91.2 Å². The SMILES string of the molecule is CO[C@@H](C(=O)[O-])c1ccc(Cl)c(Cl)c1. The van der Waals surface area contributed by atoms with Gasteiger partial charge in [-0.25, -0.2) is 0 Å². The number of methoxy groups -OCH3 is 1. The van der Waals surface area contributed by atoms with Crippen LogP contribution in [0.1, 0.15) is 11.7 Å². The van der Waals surface area contributed by atoms with E-state index >= 15 is 0 Å². The van der Waals surface area contributed by atoms with Crippen LogP contribution in [0.3, 0.4) is 0 Å². The third-order valence-electron chi connectivity index (χ3n) is 1.70. The first-order valence-corrected chi connectivity index (χ1v) is 4.50. The fourth-order valence-electron chi connectivity index (χ4n) is 1.04. The van der Waals surface area contributed by atoms with E-state index in [9.17, 15) is 9.90 Å². The maximum absolute atomic E-state index is 10.6. The van der Waals surface area contributed by atoms with Gasteiger partial charge in [0.15, 0.2) is 0 Å². The molecule has 0 radical (unpaired) electrons. The summed E-state index contributed by atoms with van der Waals surface area (Å²) in [6.07, 6.45) is -1.12. The maximum Gasteiger partial charge on any atom is 0.121 e. The third-order valence-corrected chi connectivity index (χ3v) is 2.44. The fourth-order valence-corrected chi connectivity index (χ4v) is 1.35. The van der Waals surface area contributed by atoms with Crippen molar-refractivity contribution >= 4 is 29.2 Å². The second-order valence-electron chi connectivity index (χ2n) is 2.61. The molecule has 0 N–H and O–H groups in total. The molecule has 0 saturated carbocycles. The lowest BCUT2D eigenvalue weighted by Crippen LogP contribution is -2.30. The molecule has 0 aliphatic rings. The molecule has 0 aliphatic carbocycles. The number of carbonyl (C=O) groups is 1. The van der Waals surface area contributed by atoms with Gasteiger partial charge in [-0.05, 0) is 17.7 Å². The van der Waals surface area contributed by atoms with E-state index in [4.69, 9.17) is 27.9 Å². The lowest BCUT2D eigenvalue weighted by Gasteiger charge is -2.16. The molecular weight excluding hydrogens is 227 g/mol. The molecule has 0 spiro atoms. The molecule has 0 aliphatic heterocycles. The van der Waals surface area contributed by atoms with Crippen molar-refractivity contribution in [3.8, 4) is 0 Å². The fraction of sp³-hybridized carbons (Fsp3) is 0.222. The van der Waals surface area contributed by atoms with Gasteiger partial charge in [-0.1, -0.05) is 29.3 Å². The molecular formula is C9H7Cl2O3-. The molecule has 0 fully saturated rings. The van der Waals surface area contributed by atoms with Gasteiger partial charge in [0.25, 0.3) is 0 Å². The predicted octanol–water partition coefficient (Wildman–Crippen LogP) is 1.43. The van der Waals surface area contributed by atoms with Crippen LogP contribution in [0, 0.1) is 0 Å². The number of carboxylic acid groups (broad SMARTS) is 1. The van der Waals surface area contributed by atoms with Gasteiger partial charge in [0, 0.05) is 7.11 Å². The number of ether oxygens (including phenoxy) is 1. The van der Waals surface area contributed by atoms with Gasteiger partial charge in [0.05, 0.1) is 16.0 Å². The summed E-state index contributed by atoms with van der Waals surface area (Å²) in [6.45, 7) is 0. The van der Waals surface area contributed by atoms with E-state index in [0.717, 1.165) is 0 Å². The Morgan fingerprint density at radius 3 is 2.50 bits per heavy atom. The summed E-state index contributed by atoms with van der Waals surface area (Å²) in [4.78, 5) is 10.6. The Morgan fingerprint density at radius 2 is 2.07 bits per heavy atom. The van der Waals surface area contributed by atoms with Gasteiger partial charge in [0.1, 0.15) is 6.10 Å². The monoisotopic (exact) mass is 233 g/mol. The van der Waals surface area contributed by atoms with Crippen LogP contribution in [0.5, 0.6) is 0 Å². The van der Waals surface area contributed by atoms with Gasteiger partial charge < -0.3 is 14.6 Å². The summed E-state index contributed by atoms with van der Waals surface area (Å²) in [5.41, 5.74) is 0.405. The van der Waals surface area contributed by atoms with Crippen molar-refractivity contribution in [3.05, 3.63) is 33.8 Å². The maximum atomic E-state index is 10.6. The summed E-state index contributed by atoms with van der Waals surface area (Å²) >= 11 is 11.4. The quantitative estimate of drug-likeness (QED) is 0.794. The Morgan fingerprint density at radius 1 is 1.43 bits per heavy atom. The minimum absolute atomic E-state index is 0.285. The molecule has 76 valence electrons. The van der Waals surface area contributed by atoms with Crippen LogP contribution in [-0.4, -0.2) is 13.1 Å². The van der Waals surface area contributed by atoms with Crippen LogP contribution in [-0.2, 0) is 9.53 Å². The molecule has 0 amide bonds. The third kappa shape index (κ3) is 2.38. The van der Waals surface area contributed by atoms with Gasteiger partial charge in [-0.15, -0.1) is 0 Å². The average Bonchev–Trinajstić information content (AvgIpc) is 2.11. The van der Waals surface area contributed by atoms with E-state index in [-0.39, 0.29) is 5.02 Å². The predicted molar refractivity (Wildman–Crippen MR) is 51.2 cm³/mol. The molecule has 1 rings (SSSR count). The highest BCUT2D eigenvalue weighted by Gasteiger charge is 2.12. The van der Waals surface area contributed by atoms with Crippen LogP contribution in [0.4, 0.5) is 0 Å². The lowest BCUT2D eigenvalue weighted by molar-refractivity contribution is -0.316. The van der Waals surface area contributed by atoms with Crippen LogP contribution < -0.4 is 5.11 Å². The smallest absolute Gasteiger partial charge is 0.121 e. The highest BCUT2D eigenvalue weighted by molar-refractivity contribution is 6.42. The molecule has 1 atom stereocenters. The van der Waals surface area contributed by atoms with Crippen molar-refractivity contribution in [2.45, 2.75) is 6.10 Å². The van der Waals surface area contributed by atoms with Crippen LogP contribution in [0.25, 0.3) is 0 Å². The normalized spacial score (nSPS) is 12.5. The first kappa shape index (κ1) is 11.3. The minimum atomic E-state index is -1.31. The van der Waals surface area contributed by atoms with Crippen LogP contribution in [0.15, 0.2) is 18.2 Å². The number of rotatable bonds is 3. The zero-order chi connectivity index (χ0) is 10.7. The minimum Gasteiger partial charge on any atom is -0.547 e. The van der Waals surface area contributed by atoms with Crippen LogP contribution in [0.2, 0.25) is 10.0 Å². The molecule has 0 bridgehead atoms. The Kier molecular flexibility index (Phi) is 3.75. The Balaban J connectivity index is 3.06. The largest absolute Gasteiger partial charge is 0.547 e. The van der Waals surface area contributed by atoms with E-state index < -0.39 is 12.1 Å². The van der Waals surface area contributed by atoms with Crippen molar-refractivity contribution in [1.29, 1.82) is 0 Å². The first-order valence-electron chi connectivity index (χ1n) is 3.75. The summed E-state index contributed by atoms with van der Waals surface area (Å²) in [7, 11) is 1.28. The van der Waals surface area contributed by atoms with Crippen molar-refractivity contribution < 1.29 is 14.6 Å². The number of benzene rings is 1. The summed E-state index contributed by atoms with van der Waals surface area (Å²) in [5, 5.41) is 11.3. The summed E-state index contributed by atoms with van der Waals surface area (Å²) in [6, 6.07) is 4.47. The highest BCUT2D eigenvalue weighted by atomic mass is 35.5. The van der Waals surface area contributed by atoms with Gasteiger partial charge in [-0.2, -0.15) is 0 Å². The van der Waals surface area contributed by atoms with Crippen molar-refractivity contribution in [2.24, 2.45) is 0 Å². The molecule has 1 aromatic rings. The summed E-state index contributed by atoms with van der Waals surface area (Å²) in [5.74, 6) is -1.31. The number of hydrogen-bond acceptors (Lipinski definition) is 3. The standard InChI is InChI=1S/C9H8Cl2O3/c1-14-8(9(12)13)5-2-3-6(10)7(11)4-5/h2-4,8H,1H3,(H,12,13)/p-1/t8-/m1/s1. The van der Waals surface area contributed by atoms with E-state index in [1.807, 2.05) is 0 Å². The van der Waals surface area contributed by atoms with Crippen molar-refractivity contribution in [1.82, 2.24) is 0 Å². The van der Waals surface area contributed by atoms with E-state index in [1.54, 1.807) is 0 Å². The van der Waals surface area contributed by atoms with E-state index in [2.05, 4.69) is 0 Å². The lowest BCUT2D eigenvalue weighted by atomic mass is 10.1. The number of halogens is 2.